The van der Waals surface area contributed by atoms with Crippen LogP contribution in [0.4, 0.5) is 4.32 Å². The van der Waals surface area contributed by atoms with Crippen molar-refractivity contribution in [3.63, 3.8) is 0 Å². The number of rotatable bonds is 0. The van der Waals surface area contributed by atoms with Gasteiger partial charge in [-0.1, -0.05) is 0 Å². The molecule has 0 heterocycles. The van der Waals surface area contributed by atoms with Crippen molar-refractivity contribution in [2.75, 3.05) is 0 Å². The van der Waals surface area contributed by atoms with Gasteiger partial charge in [0.1, 0.15) is 0 Å². The molecular weight excluding hydrogens is 53.8 g/mol. The SMILES string of the molecule is CC=BF. The third kappa shape index (κ3) is 1.86. The van der Waals surface area contributed by atoms with Crippen LogP contribution in [0.15, 0.2) is 0 Å². The molecule has 0 saturated heterocycles. The zero-order chi connectivity index (χ0) is 3.41. The normalized spacial score (nSPS) is 7.50. The van der Waals surface area contributed by atoms with Crippen molar-refractivity contribution in [1.29, 1.82) is 0 Å². The first kappa shape index (κ1) is 3.86. The van der Waals surface area contributed by atoms with E-state index >= 15 is 0 Å². The van der Waals surface area contributed by atoms with Gasteiger partial charge in [0.15, 0.2) is 0 Å². The summed E-state index contributed by atoms with van der Waals surface area (Å²) in [6, 6.07) is 0. The number of hydrogen-bond acceptors (Lipinski definition) is 0. The third-order valence-electron chi connectivity index (χ3n) is 0.126. The molecule has 0 bridgehead atoms. The molecule has 0 aromatic rings. The molecule has 4 heavy (non-hydrogen) atoms. The fraction of sp³-hybridized carbons (Fsp3) is 0.500. The first-order valence-electron chi connectivity index (χ1n) is 1.13. The molecule has 0 radical (unpaired) electrons. The van der Waals surface area contributed by atoms with Crippen molar-refractivity contribution < 1.29 is 4.32 Å². The second-order valence-corrected chi connectivity index (χ2v) is 0.459. The summed E-state index contributed by atoms with van der Waals surface area (Å²) in [5, 5.41) is 0. The molecule has 0 N–H and O–H groups in total. The third-order valence-corrected chi connectivity index (χ3v) is 0.126. The van der Waals surface area contributed by atoms with Crippen LogP contribution in [0.3, 0.4) is 0 Å². The monoisotopic (exact) mass is 58.0 g/mol. The topological polar surface area (TPSA) is 0 Å². The van der Waals surface area contributed by atoms with Crippen LogP contribution in [0.25, 0.3) is 0 Å². The molecule has 0 amide bonds. The first-order chi connectivity index (χ1) is 1.91. The Balaban J connectivity index is 2.55. The van der Waals surface area contributed by atoms with Crippen LogP contribution in [0.1, 0.15) is 6.92 Å². The molecule has 0 saturated carbocycles. The Morgan fingerprint density at radius 2 is 2.25 bits per heavy atom. The van der Waals surface area contributed by atoms with Crippen molar-refractivity contribution in [3.05, 3.63) is 0 Å². The average Bonchev–Trinajstić information content (AvgIpc) is 1.37. The van der Waals surface area contributed by atoms with Gasteiger partial charge in [0.05, 0.1) is 0 Å². The Hall–Kier alpha value is -0.135. The predicted octanol–water partition coefficient (Wildman–Crippen LogP) is 0.397. The van der Waals surface area contributed by atoms with Gasteiger partial charge >= 0.3 is 24.4 Å². The van der Waals surface area contributed by atoms with E-state index in [1.165, 1.54) is 5.97 Å². The molecule has 0 aromatic heterocycles. The maximum atomic E-state index is 10.5. The van der Waals surface area contributed by atoms with Crippen LogP contribution in [-0.2, 0) is 0 Å². The quantitative estimate of drug-likeness (QED) is 0.353. The van der Waals surface area contributed by atoms with Gasteiger partial charge in [0.2, 0.25) is 0 Å². The summed E-state index contributed by atoms with van der Waals surface area (Å²) in [5.41, 5.74) is 0. The molecule has 0 fully saturated rings. The van der Waals surface area contributed by atoms with E-state index in [9.17, 15) is 4.32 Å². The van der Waals surface area contributed by atoms with E-state index in [0.717, 1.165) is 0 Å². The molecular formula is C2H4BF. The minimum absolute atomic E-state index is 0.500. The fourth-order valence-electron chi connectivity index (χ4n) is 0. The molecule has 0 aliphatic rings. The summed E-state index contributed by atoms with van der Waals surface area (Å²) in [6.45, 7) is 1.62. The summed E-state index contributed by atoms with van der Waals surface area (Å²) < 4.78 is 10.5. The van der Waals surface area contributed by atoms with Crippen LogP contribution in [0.2, 0.25) is 0 Å². The van der Waals surface area contributed by atoms with E-state index in [2.05, 4.69) is 0 Å². The predicted molar refractivity (Wildman–Crippen MR) is 18.6 cm³/mol. The molecule has 0 rings (SSSR count). The van der Waals surface area contributed by atoms with E-state index in [-0.39, 0.29) is 0 Å². The molecule has 0 aliphatic carbocycles. The number of hydrogen-bond donors (Lipinski definition) is 0. The van der Waals surface area contributed by atoms with Gasteiger partial charge in [-0.3, -0.25) is 0 Å². The Morgan fingerprint density at radius 3 is 2.25 bits per heavy atom. The van der Waals surface area contributed by atoms with Crippen molar-refractivity contribution >= 4 is 13.2 Å². The van der Waals surface area contributed by atoms with E-state index in [1.807, 2.05) is 0 Å². The van der Waals surface area contributed by atoms with Gasteiger partial charge in [0, 0.05) is 0 Å². The van der Waals surface area contributed by atoms with Crippen molar-refractivity contribution in [2.45, 2.75) is 6.92 Å². The summed E-state index contributed by atoms with van der Waals surface area (Å²) >= 11 is 0. The van der Waals surface area contributed by atoms with Crippen LogP contribution < -0.4 is 0 Å². The first-order valence-corrected chi connectivity index (χ1v) is 1.13. The summed E-state index contributed by atoms with van der Waals surface area (Å²) in [4.78, 5) is 0. The molecule has 0 nitrogen and oxygen atoms in total. The maximum absolute atomic E-state index is 10.5. The minimum atomic E-state index is 0.500. The molecule has 22 valence electrons. The van der Waals surface area contributed by atoms with E-state index < -0.39 is 0 Å². The van der Waals surface area contributed by atoms with E-state index in [4.69, 9.17) is 0 Å². The fourth-order valence-corrected chi connectivity index (χ4v) is 0. The summed E-state index contributed by atoms with van der Waals surface area (Å²) in [5.74, 6) is 1.33. The zero-order valence-corrected chi connectivity index (χ0v) is 2.53. The Bertz CT molecular complexity index is 21.2. The van der Waals surface area contributed by atoms with Gasteiger partial charge in [-0.25, -0.2) is 0 Å². The van der Waals surface area contributed by atoms with Gasteiger partial charge in [0.25, 0.3) is 0 Å². The van der Waals surface area contributed by atoms with Gasteiger partial charge in [-0.05, 0) is 0 Å². The second kappa shape index (κ2) is 2.86. The van der Waals surface area contributed by atoms with Crippen molar-refractivity contribution in [3.8, 4) is 0 Å². The molecule has 0 aliphatic heterocycles. The number of halogens is 1. The second-order valence-electron chi connectivity index (χ2n) is 0.459. The van der Waals surface area contributed by atoms with E-state index in [0.29, 0.717) is 7.20 Å². The standard InChI is InChI=1S/C2H4BF/c1-2-3-4/h2H,1H3. The Kier molecular flexibility index (Phi) is 2.77. The van der Waals surface area contributed by atoms with Crippen LogP contribution >= 0.6 is 0 Å². The van der Waals surface area contributed by atoms with Crippen molar-refractivity contribution in [2.24, 2.45) is 0 Å². The van der Waals surface area contributed by atoms with Crippen LogP contribution in [0, 0.1) is 0 Å². The zero-order valence-electron chi connectivity index (χ0n) is 2.53. The Labute approximate surface area is 25.6 Å². The summed E-state index contributed by atoms with van der Waals surface area (Å²) in [7, 11) is 0.500. The van der Waals surface area contributed by atoms with Crippen LogP contribution in [-0.4, -0.2) is 13.2 Å². The van der Waals surface area contributed by atoms with Gasteiger partial charge in [-0.2, -0.15) is 0 Å². The molecule has 0 unspecified atom stereocenters. The van der Waals surface area contributed by atoms with E-state index in [1.54, 1.807) is 6.92 Å². The molecule has 0 spiro atoms. The van der Waals surface area contributed by atoms with Crippen LogP contribution in [0.5, 0.6) is 0 Å². The van der Waals surface area contributed by atoms with Gasteiger partial charge in [-0.15, -0.1) is 0 Å². The molecule has 0 atom stereocenters. The molecule has 0 aromatic carbocycles. The van der Waals surface area contributed by atoms with Gasteiger partial charge < -0.3 is 0 Å². The Morgan fingerprint density at radius 1 is 2.00 bits per heavy atom. The average molecular weight is 57.9 g/mol. The van der Waals surface area contributed by atoms with Crippen molar-refractivity contribution in [1.82, 2.24) is 0 Å². The summed E-state index contributed by atoms with van der Waals surface area (Å²) in [6.07, 6.45) is 0. The molecule has 2 heteroatoms.